The summed E-state index contributed by atoms with van der Waals surface area (Å²) in [6, 6.07) is 41.0. The summed E-state index contributed by atoms with van der Waals surface area (Å²) in [5.41, 5.74) is 10.6. The van der Waals surface area contributed by atoms with Gasteiger partial charge in [-0.25, -0.2) is 0 Å². The molecule has 0 radical (unpaired) electrons. The third-order valence-electron chi connectivity index (χ3n) is 8.18. The molecule has 0 nitrogen and oxygen atoms in total. The van der Waals surface area contributed by atoms with Crippen LogP contribution in [0.2, 0.25) is 0 Å². The van der Waals surface area contributed by atoms with E-state index in [0.717, 1.165) is 12.8 Å². The van der Waals surface area contributed by atoms with E-state index < -0.39 is 0 Å². The van der Waals surface area contributed by atoms with Gasteiger partial charge < -0.3 is 14.9 Å². The molecular weight excluding hydrogens is 647 g/mol. The first-order valence-corrected chi connectivity index (χ1v) is 13.5. The molecule has 6 aromatic rings. The zero-order valence-corrected chi connectivity index (χ0v) is 28.4. The smallest absolute Gasteiger partial charge is 0.358 e. The van der Waals surface area contributed by atoms with Crippen LogP contribution in [0.4, 0.5) is 0 Å². The van der Waals surface area contributed by atoms with Gasteiger partial charge in [0.05, 0.1) is 0 Å². The minimum absolute atomic E-state index is 0. The Morgan fingerprint density at radius 1 is 0.600 bits per heavy atom. The minimum atomic E-state index is -0.0550. The van der Waals surface area contributed by atoms with Crippen LogP contribution >= 0.6 is 0 Å². The number of hydrogen-bond donors (Lipinski definition) is 0. The molecule has 1 heteroatoms. The van der Waals surface area contributed by atoms with Gasteiger partial charge in [0.2, 0.25) is 0 Å². The van der Waals surface area contributed by atoms with Gasteiger partial charge in [-0.05, 0) is 36.8 Å². The maximum absolute atomic E-state index is 2.46. The van der Waals surface area contributed by atoms with E-state index in [4.69, 9.17) is 0 Å². The second-order valence-electron chi connectivity index (χ2n) is 10.9. The second kappa shape index (κ2) is 12.6. The molecule has 0 saturated heterocycles. The van der Waals surface area contributed by atoms with E-state index in [-0.39, 0.29) is 46.1 Å². The van der Waals surface area contributed by atoms with Gasteiger partial charge in [0.1, 0.15) is 0 Å². The fourth-order valence-electron chi connectivity index (χ4n) is 6.19. The maximum atomic E-state index is 2.46. The van der Waals surface area contributed by atoms with Crippen molar-refractivity contribution in [1.82, 2.24) is 0 Å². The van der Waals surface area contributed by atoms with E-state index in [0.29, 0.717) is 0 Å². The van der Waals surface area contributed by atoms with Crippen molar-refractivity contribution in [3.05, 3.63) is 146 Å². The standard InChI is InChI=1S/C37H34.2CH3.Hf/c1-5-18-37(4,31-21-29-14-8-16-33(35(29)23-31)27-12-6-10-25(2)19-27)32-22-30-15-9-17-34(36(30)24-32)28-13-7-11-26(3)20-28;;;/h6-17,19-24H,5,18H2,1-4H3;2*1H3;/q-2;2*-1;+4. The van der Waals surface area contributed by atoms with E-state index in [1.54, 1.807) is 0 Å². The van der Waals surface area contributed by atoms with Crippen LogP contribution < -0.4 is 0 Å². The Kier molecular flexibility index (Phi) is 9.96. The Labute approximate surface area is 260 Å². The maximum Gasteiger partial charge on any atom is 4.00 e. The minimum Gasteiger partial charge on any atom is -0.358 e. The van der Waals surface area contributed by atoms with Gasteiger partial charge in [-0.1, -0.05) is 103 Å². The average Bonchev–Trinajstić information content (AvgIpc) is 3.54. The number of aryl methyl sites for hydroxylation is 2. The molecule has 0 atom stereocenters. The predicted molar refractivity (Wildman–Crippen MR) is 174 cm³/mol. The quantitative estimate of drug-likeness (QED) is 0.121. The molecule has 0 saturated carbocycles. The van der Waals surface area contributed by atoms with E-state index in [1.807, 2.05) is 0 Å². The Morgan fingerprint density at radius 3 is 1.43 bits per heavy atom. The van der Waals surface area contributed by atoms with Crippen molar-refractivity contribution in [2.75, 3.05) is 0 Å². The van der Waals surface area contributed by atoms with Crippen LogP contribution in [0.3, 0.4) is 0 Å². The third-order valence-corrected chi connectivity index (χ3v) is 8.18. The van der Waals surface area contributed by atoms with Crippen LogP contribution in [-0.2, 0) is 31.3 Å². The molecule has 0 N–H and O–H groups in total. The second-order valence-corrected chi connectivity index (χ2v) is 10.9. The van der Waals surface area contributed by atoms with Gasteiger partial charge in [-0.15, -0.1) is 69.1 Å². The summed E-state index contributed by atoms with van der Waals surface area (Å²) < 4.78 is 0. The Bertz CT molecular complexity index is 1600. The van der Waals surface area contributed by atoms with E-state index in [1.165, 1.54) is 66.1 Å². The molecule has 0 spiro atoms. The molecule has 200 valence electrons. The van der Waals surface area contributed by atoms with E-state index in [9.17, 15) is 0 Å². The average molecular weight is 687 g/mol. The molecule has 6 aromatic carbocycles. The first kappa shape index (κ1) is 31.5. The van der Waals surface area contributed by atoms with Crippen molar-refractivity contribution in [2.45, 2.75) is 46.0 Å². The van der Waals surface area contributed by atoms with Gasteiger partial charge in [0, 0.05) is 0 Å². The topological polar surface area (TPSA) is 0 Å². The molecular formula is C39H40Hf. The molecule has 0 amide bonds. The van der Waals surface area contributed by atoms with Gasteiger partial charge in [-0.3, -0.25) is 0 Å². The normalized spacial score (nSPS) is 11.1. The molecule has 6 rings (SSSR count). The molecule has 40 heavy (non-hydrogen) atoms. The van der Waals surface area contributed by atoms with Crippen molar-refractivity contribution in [1.29, 1.82) is 0 Å². The fraction of sp³-hybridized carbons (Fsp3) is 0.179. The summed E-state index contributed by atoms with van der Waals surface area (Å²) in [4.78, 5) is 0. The molecule has 0 unspecified atom stereocenters. The van der Waals surface area contributed by atoms with Crippen LogP contribution in [0.1, 0.15) is 48.9 Å². The van der Waals surface area contributed by atoms with Crippen molar-refractivity contribution >= 4 is 21.5 Å². The van der Waals surface area contributed by atoms with Crippen LogP contribution in [0.25, 0.3) is 43.8 Å². The van der Waals surface area contributed by atoms with E-state index >= 15 is 0 Å². The largest absolute Gasteiger partial charge is 4.00 e. The van der Waals surface area contributed by atoms with Crippen LogP contribution in [0.5, 0.6) is 0 Å². The molecule has 0 aliphatic rings. The first-order chi connectivity index (χ1) is 18.0. The predicted octanol–water partition coefficient (Wildman–Crippen LogP) is 11.4. The van der Waals surface area contributed by atoms with Gasteiger partial charge in [-0.2, -0.15) is 12.1 Å². The zero-order chi connectivity index (χ0) is 25.6. The van der Waals surface area contributed by atoms with Gasteiger partial charge in [0.25, 0.3) is 0 Å². The van der Waals surface area contributed by atoms with Crippen molar-refractivity contribution in [3.63, 3.8) is 0 Å². The zero-order valence-electron chi connectivity index (χ0n) is 24.8. The SMILES string of the molecule is CCCC(C)(c1cc2c(-c3cccc(C)c3)cccc2[cH-]1)c1cc2c(-c3cccc(C)c3)cccc2[cH-]1.[CH3-].[CH3-].[Hf+4]. The Morgan fingerprint density at radius 2 is 1.02 bits per heavy atom. The Balaban J connectivity index is 0.00000147. The number of benzene rings is 4. The van der Waals surface area contributed by atoms with Crippen molar-refractivity contribution < 1.29 is 25.8 Å². The summed E-state index contributed by atoms with van der Waals surface area (Å²) in [6.45, 7) is 9.09. The monoisotopic (exact) mass is 688 g/mol. The van der Waals surface area contributed by atoms with Crippen LogP contribution in [0, 0.1) is 28.7 Å². The Hall–Kier alpha value is -3.03. The molecule has 0 bridgehead atoms. The molecule has 0 aliphatic heterocycles. The third kappa shape index (κ3) is 5.59. The molecule has 0 fully saturated rings. The number of fused-ring (bicyclic) bond motifs is 2. The fourth-order valence-corrected chi connectivity index (χ4v) is 6.19. The van der Waals surface area contributed by atoms with Crippen molar-refractivity contribution in [3.8, 4) is 22.3 Å². The number of rotatable bonds is 6. The van der Waals surface area contributed by atoms with E-state index in [2.05, 4.69) is 137 Å². The molecule has 0 heterocycles. The summed E-state index contributed by atoms with van der Waals surface area (Å²) in [7, 11) is 0. The summed E-state index contributed by atoms with van der Waals surface area (Å²) in [6.07, 6.45) is 2.24. The van der Waals surface area contributed by atoms with Gasteiger partial charge >= 0.3 is 25.8 Å². The van der Waals surface area contributed by atoms with Crippen LogP contribution in [0.15, 0.2) is 109 Å². The molecule has 0 aliphatic carbocycles. The summed E-state index contributed by atoms with van der Waals surface area (Å²) in [5.74, 6) is 0. The van der Waals surface area contributed by atoms with Crippen molar-refractivity contribution in [2.24, 2.45) is 0 Å². The molecule has 0 aromatic heterocycles. The van der Waals surface area contributed by atoms with Crippen LogP contribution in [-0.4, -0.2) is 0 Å². The first-order valence-electron chi connectivity index (χ1n) is 13.5. The summed E-state index contributed by atoms with van der Waals surface area (Å²) in [5, 5.41) is 5.35. The number of hydrogen-bond acceptors (Lipinski definition) is 0. The van der Waals surface area contributed by atoms with Gasteiger partial charge in [0.15, 0.2) is 0 Å². The summed E-state index contributed by atoms with van der Waals surface area (Å²) >= 11 is 0.